The molecule has 0 spiro atoms. The van der Waals surface area contributed by atoms with Gasteiger partial charge >= 0.3 is 0 Å². The Balaban J connectivity index is 1.99. The van der Waals surface area contributed by atoms with E-state index in [0.29, 0.717) is 32.8 Å². The van der Waals surface area contributed by atoms with Crippen LogP contribution in [0.3, 0.4) is 0 Å². The van der Waals surface area contributed by atoms with E-state index in [9.17, 15) is 9.59 Å². The molecule has 2 aromatic rings. The van der Waals surface area contributed by atoms with E-state index in [1.807, 2.05) is 6.92 Å². The third kappa shape index (κ3) is 2.55. The van der Waals surface area contributed by atoms with Crippen LogP contribution in [-0.4, -0.2) is 24.5 Å². The molecule has 1 aliphatic heterocycles. The van der Waals surface area contributed by atoms with Crippen molar-refractivity contribution < 1.29 is 14.3 Å². The number of carbonyl (C=O) groups is 2. The Morgan fingerprint density at radius 1 is 1.32 bits per heavy atom. The van der Waals surface area contributed by atoms with Crippen LogP contribution in [0.4, 0.5) is 5.69 Å². The van der Waals surface area contributed by atoms with Crippen molar-refractivity contribution >= 4 is 40.4 Å². The minimum absolute atomic E-state index is 0.174. The molecule has 2 heterocycles. The van der Waals surface area contributed by atoms with Crippen LogP contribution >= 0.6 is 22.9 Å². The monoisotopic (exact) mass is 336 g/mol. The second-order valence-corrected chi connectivity index (χ2v) is 6.45. The molecular formula is C15H13ClN2O3S. The number of rotatable bonds is 2. The number of halogens is 1. The van der Waals surface area contributed by atoms with Gasteiger partial charge in [0.1, 0.15) is 6.10 Å². The molecule has 22 heavy (non-hydrogen) atoms. The number of carbonyl (C=O) groups excluding carboxylic acids is 2. The van der Waals surface area contributed by atoms with Gasteiger partial charge in [-0.2, -0.15) is 0 Å². The molecule has 0 saturated heterocycles. The molecule has 2 N–H and O–H groups in total. The molecule has 1 aromatic carbocycles. The molecule has 1 atom stereocenters. The molecule has 0 radical (unpaired) electrons. The summed E-state index contributed by atoms with van der Waals surface area (Å²) in [5, 5.41) is 0.464. The summed E-state index contributed by atoms with van der Waals surface area (Å²) in [7, 11) is 0. The average Bonchev–Trinajstić information content (AvgIpc) is 2.97. The number of anilines is 1. The zero-order valence-electron chi connectivity index (χ0n) is 11.7. The summed E-state index contributed by atoms with van der Waals surface area (Å²) in [5.74, 6) is -0.234. The van der Waals surface area contributed by atoms with Gasteiger partial charge in [0.05, 0.1) is 27.0 Å². The van der Waals surface area contributed by atoms with Gasteiger partial charge in [-0.3, -0.25) is 9.59 Å². The van der Waals surface area contributed by atoms with Gasteiger partial charge in [-0.25, -0.2) is 0 Å². The maximum atomic E-state index is 12.7. The molecule has 5 nitrogen and oxygen atoms in total. The first-order valence-electron chi connectivity index (χ1n) is 6.64. The highest BCUT2D eigenvalue weighted by Crippen LogP contribution is 2.40. The van der Waals surface area contributed by atoms with Gasteiger partial charge in [0, 0.05) is 0 Å². The maximum absolute atomic E-state index is 12.7. The third-order valence-corrected chi connectivity index (χ3v) is 4.69. The van der Waals surface area contributed by atoms with E-state index in [-0.39, 0.29) is 12.0 Å². The second-order valence-electron chi connectivity index (χ2n) is 4.96. The Morgan fingerprint density at radius 2 is 2.05 bits per heavy atom. The van der Waals surface area contributed by atoms with Crippen molar-refractivity contribution in [1.29, 1.82) is 0 Å². The minimum Gasteiger partial charge on any atom is -0.485 e. The number of nitrogens with zero attached hydrogens (tertiary/aromatic N) is 1. The molecule has 1 aliphatic rings. The van der Waals surface area contributed by atoms with Gasteiger partial charge in [0.25, 0.3) is 11.8 Å². The van der Waals surface area contributed by atoms with Crippen molar-refractivity contribution in [2.24, 2.45) is 5.73 Å². The fraction of sp³-hybridized carbons (Fsp3) is 0.200. The summed E-state index contributed by atoms with van der Waals surface area (Å²) in [6.07, 6.45) is -0.174. The SMILES string of the molecule is CC1CN(C(=O)c2ccc(C(N)=O)s2)c2cccc(Cl)c2O1. The summed E-state index contributed by atoms with van der Waals surface area (Å²) >= 11 is 7.23. The fourth-order valence-corrected chi connectivity index (χ4v) is 3.35. The molecule has 0 bridgehead atoms. The first-order chi connectivity index (χ1) is 10.5. The van der Waals surface area contributed by atoms with E-state index in [4.69, 9.17) is 22.1 Å². The Labute approximate surface area is 136 Å². The van der Waals surface area contributed by atoms with Crippen molar-refractivity contribution in [3.8, 4) is 5.75 Å². The summed E-state index contributed by atoms with van der Waals surface area (Å²) in [6.45, 7) is 2.28. The van der Waals surface area contributed by atoms with E-state index in [2.05, 4.69) is 0 Å². The molecular weight excluding hydrogens is 324 g/mol. The fourth-order valence-electron chi connectivity index (χ4n) is 2.33. The summed E-state index contributed by atoms with van der Waals surface area (Å²) in [5.41, 5.74) is 5.86. The predicted molar refractivity (Wildman–Crippen MR) is 86.1 cm³/mol. The predicted octanol–water partition coefficient (Wildman–Crippen LogP) is 2.93. The Hall–Kier alpha value is -2.05. The summed E-state index contributed by atoms with van der Waals surface area (Å²) in [4.78, 5) is 26.3. The van der Waals surface area contributed by atoms with Crippen molar-refractivity contribution in [1.82, 2.24) is 0 Å². The van der Waals surface area contributed by atoms with Crippen molar-refractivity contribution in [3.63, 3.8) is 0 Å². The molecule has 7 heteroatoms. The Kier molecular flexibility index (Phi) is 3.80. The third-order valence-electron chi connectivity index (χ3n) is 3.30. The number of thiophene rings is 1. The van der Waals surface area contributed by atoms with Crippen LogP contribution in [0.25, 0.3) is 0 Å². The number of primary amides is 1. The van der Waals surface area contributed by atoms with Gasteiger partial charge in [-0.05, 0) is 31.2 Å². The summed E-state index contributed by atoms with van der Waals surface area (Å²) < 4.78 is 5.73. The first kappa shape index (κ1) is 14.9. The van der Waals surface area contributed by atoms with E-state index in [0.717, 1.165) is 11.3 Å². The smallest absolute Gasteiger partial charge is 0.268 e. The van der Waals surface area contributed by atoms with Crippen LogP contribution in [0.2, 0.25) is 5.02 Å². The molecule has 0 saturated carbocycles. The lowest BCUT2D eigenvalue weighted by atomic mass is 10.2. The molecule has 0 aliphatic carbocycles. The number of nitrogens with two attached hydrogens (primary N) is 1. The highest BCUT2D eigenvalue weighted by Gasteiger charge is 2.30. The average molecular weight is 337 g/mol. The molecule has 1 aromatic heterocycles. The zero-order valence-corrected chi connectivity index (χ0v) is 13.3. The number of benzene rings is 1. The van der Waals surface area contributed by atoms with Gasteiger partial charge < -0.3 is 15.4 Å². The number of amides is 2. The summed E-state index contributed by atoms with van der Waals surface area (Å²) in [6, 6.07) is 8.44. The van der Waals surface area contributed by atoms with Crippen LogP contribution in [0.1, 0.15) is 26.3 Å². The lowest BCUT2D eigenvalue weighted by Crippen LogP contribution is -2.42. The van der Waals surface area contributed by atoms with Gasteiger partial charge in [-0.1, -0.05) is 17.7 Å². The lowest BCUT2D eigenvalue weighted by molar-refractivity contribution is 0.0964. The minimum atomic E-state index is -0.539. The number of ether oxygens (including phenoxy) is 1. The molecule has 114 valence electrons. The zero-order chi connectivity index (χ0) is 15.9. The van der Waals surface area contributed by atoms with Crippen LogP contribution < -0.4 is 15.4 Å². The maximum Gasteiger partial charge on any atom is 0.268 e. The van der Waals surface area contributed by atoms with E-state index in [1.54, 1.807) is 35.2 Å². The van der Waals surface area contributed by atoms with Crippen LogP contribution in [0.15, 0.2) is 30.3 Å². The second kappa shape index (κ2) is 5.62. The molecule has 1 unspecified atom stereocenters. The number of hydrogen-bond acceptors (Lipinski definition) is 4. The van der Waals surface area contributed by atoms with Crippen molar-refractivity contribution in [2.75, 3.05) is 11.4 Å². The van der Waals surface area contributed by atoms with Gasteiger partial charge in [-0.15, -0.1) is 11.3 Å². The van der Waals surface area contributed by atoms with E-state index < -0.39 is 5.91 Å². The number of para-hydroxylation sites is 1. The lowest BCUT2D eigenvalue weighted by Gasteiger charge is -2.33. The van der Waals surface area contributed by atoms with Crippen LogP contribution in [-0.2, 0) is 0 Å². The van der Waals surface area contributed by atoms with Crippen LogP contribution in [0.5, 0.6) is 5.75 Å². The topological polar surface area (TPSA) is 72.6 Å². The number of fused-ring (bicyclic) bond motifs is 1. The van der Waals surface area contributed by atoms with Crippen LogP contribution in [0, 0.1) is 0 Å². The molecule has 3 rings (SSSR count). The molecule has 0 fully saturated rings. The highest BCUT2D eigenvalue weighted by atomic mass is 35.5. The van der Waals surface area contributed by atoms with Crippen molar-refractivity contribution in [2.45, 2.75) is 13.0 Å². The number of hydrogen-bond donors (Lipinski definition) is 1. The highest BCUT2D eigenvalue weighted by molar-refractivity contribution is 7.16. The van der Waals surface area contributed by atoms with Gasteiger partial charge in [0.2, 0.25) is 0 Å². The standard InChI is InChI=1S/C15H13ClN2O3S/c1-8-7-18(10-4-2-3-9(16)13(10)21-8)15(20)12-6-5-11(22-12)14(17)19/h2-6,8H,7H2,1H3,(H2,17,19). The van der Waals surface area contributed by atoms with E-state index >= 15 is 0 Å². The molecule has 2 amide bonds. The Bertz CT molecular complexity index is 759. The van der Waals surface area contributed by atoms with E-state index in [1.165, 1.54) is 0 Å². The van der Waals surface area contributed by atoms with Gasteiger partial charge in [0.15, 0.2) is 5.75 Å². The largest absolute Gasteiger partial charge is 0.485 e. The Morgan fingerprint density at radius 3 is 2.73 bits per heavy atom. The van der Waals surface area contributed by atoms with Crippen molar-refractivity contribution in [3.05, 3.63) is 45.1 Å². The first-order valence-corrected chi connectivity index (χ1v) is 7.83. The quantitative estimate of drug-likeness (QED) is 0.916. The normalized spacial score (nSPS) is 16.8.